The maximum atomic E-state index is 12.2. The summed E-state index contributed by atoms with van der Waals surface area (Å²) in [5.74, 6) is -0.300. The lowest BCUT2D eigenvalue weighted by Crippen LogP contribution is -2.39. The highest BCUT2D eigenvalue weighted by atomic mass is 16.2. The molecule has 2 heterocycles. The summed E-state index contributed by atoms with van der Waals surface area (Å²) >= 11 is 0. The van der Waals surface area contributed by atoms with Crippen LogP contribution in [-0.4, -0.2) is 34.9 Å². The molecule has 0 unspecified atom stereocenters. The number of nitrogens with zero attached hydrogens (tertiary/aromatic N) is 1. The van der Waals surface area contributed by atoms with Crippen LogP contribution in [0.3, 0.4) is 0 Å². The Morgan fingerprint density at radius 3 is 2.78 bits per heavy atom. The molecule has 120 valence electrons. The van der Waals surface area contributed by atoms with Crippen LogP contribution in [0.2, 0.25) is 0 Å². The molecule has 0 aliphatic carbocycles. The smallest absolute Gasteiger partial charge is 0.260 e. The SMILES string of the molecule is C[C@@H](c1ccccc1)N1CC[C@H](NC(=O)c2ccc[nH]c2=O)C1. The van der Waals surface area contributed by atoms with Gasteiger partial charge in [0.15, 0.2) is 0 Å². The Hall–Kier alpha value is -2.40. The summed E-state index contributed by atoms with van der Waals surface area (Å²) in [7, 11) is 0. The van der Waals surface area contributed by atoms with E-state index in [2.05, 4.69) is 34.3 Å². The third-order valence-corrected chi connectivity index (χ3v) is 4.45. The Morgan fingerprint density at radius 2 is 2.04 bits per heavy atom. The number of carbonyl (C=O) groups excluding carboxylic acids is 1. The minimum absolute atomic E-state index is 0.0771. The van der Waals surface area contributed by atoms with Crippen LogP contribution in [0.4, 0.5) is 0 Å². The monoisotopic (exact) mass is 311 g/mol. The fraction of sp³-hybridized carbons (Fsp3) is 0.333. The molecule has 1 amide bonds. The zero-order valence-electron chi connectivity index (χ0n) is 13.2. The highest BCUT2D eigenvalue weighted by Gasteiger charge is 2.28. The number of likely N-dealkylation sites (tertiary alicyclic amines) is 1. The second-order valence-corrected chi connectivity index (χ2v) is 5.95. The van der Waals surface area contributed by atoms with Crippen LogP contribution < -0.4 is 10.9 Å². The lowest BCUT2D eigenvalue weighted by atomic mass is 10.1. The number of carbonyl (C=O) groups is 1. The van der Waals surface area contributed by atoms with Crippen molar-refractivity contribution in [3.63, 3.8) is 0 Å². The Labute approximate surface area is 135 Å². The van der Waals surface area contributed by atoms with Crippen molar-refractivity contribution < 1.29 is 4.79 Å². The van der Waals surface area contributed by atoms with Gasteiger partial charge >= 0.3 is 0 Å². The van der Waals surface area contributed by atoms with Gasteiger partial charge in [0.1, 0.15) is 5.56 Å². The highest BCUT2D eigenvalue weighted by molar-refractivity contribution is 5.93. The summed E-state index contributed by atoms with van der Waals surface area (Å²) in [6.45, 7) is 3.92. The zero-order valence-corrected chi connectivity index (χ0v) is 13.2. The third-order valence-electron chi connectivity index (χ3n) is 4.45. The second-order valence-electron chi connectivity index (χ2n) is 5.95. The van der Waals surface area contributed by atoms with Gasteiger partial charge in [-0.25, -0.2) is 0 Å². The van der Waals surface area contributed by atoms with Crippen molar-refractivity contribution in [1.29, 1.82) is 0 Å². The number of H-pyrrole nitrogens is 1. The summed E-state index contributed by atoms with van der Waals surface area (Å²) < 4.78 is 0. The molecule has 2 atom stereocenters. The van der Waals surface area contributed by atoms with E-state index in [0.717, 1.165) is 19.5 Å². The number of pyridine rings is 1. The van der Waals surface area contributed by atoms with Gasteiger partial charge in [-0.15, -0.1) is 0 Å². The van der Waals surface area contributed by atoms with Crippen LogP contribution in [0.15, 0.2) is 53.5 Å². The highest BCUT2D eigenvalue weighted by Crippen LogP contribution is 2.24. The molecule has 1 saturated heterocycles. The number of hydrogen-bond donors (Lipinski definition) is 2. The standard InChI is InChI=1S/C18H21N3O2/c1-13(14-6-3-2-4-7-14)21-11-9-15(12-21)20-18(23)16-8-5-10-19-17(16)22/h2-8,10,13,15H,9,11-12H2,1H3,(H,19,22)(H,20,23)/t13-,15-/m0/s1. The average Bonchev–Trinajstić information content (AvgIpc) is 3.03. The maximum absolute atomic E-state index is 12.2. The molecule has 1 aromatic heterocycles. The van der Waals surface area contributed by atoms with Crippen LogP contribution in [0.1, 0.15) is 35.3 Å². The van der Waals surface area contributed by atoms with Crippen LogP contribution in [-0.2, 0) is 0 Å². The number of benzene rings is 1. The van der Waals surface area contributed by atoms with E-state index in [1.165, 1.54) is 11.8 Å². The lowest BCUT2D eigenvalue weighted by molar-refractivity contribution is 0.0935. The molecule has 5 nitrogen and oxygen atoms in total. The second kappa shape index (κ2) is 6.79. The van der Waals surface area contributed by atoms with Gasteiger partial charge in [0.25, 0.3) is 11.5 Å². The van der Waals surface area contributed by atoms with Crippen LogP contribution in [0.25, 0.3) is 0 Å². The summed E-state index contributed by atoms with van der Waals surface area (Å²) in [6, 6.07) is 14.0. The van der Waals surface area contributed by atoms with E-state index in [-0.39, 0.29) is 23.1 Å². The molecule has 5 heteroatoms. The van der Waals surface area contributed by atoms with Gasteiger partial charge in [0, 0.05) is 31.4 Å². The summed E-state index contributed by atoms with van der Waals surface area (Å²) in [5.41, 5.74) is 1.10. The normalized spacial score (nSPS) is 19.4. The Morgan fingerprint density at radius 1 is 1.26 bits per heavy atom. The van der Waals surface area contributed by atoms with Crippen molar-refractivity contribution in [2.45, 2.75) is 25.4 Å². The molecule has 0 spiro atoms. The minimum Gasteiger partial charge on any atom is -0.348 e. The number of rotatable bonds is 4. The number of aromatic amines is 1. The summed E-state index contributed by atoms with van der Waals surface area (Å²) in [5, 5.41) is 2.97. The summed E-state index contributed by atoms with van der Waals surface area (Å²) in [6.07, 6.45) is 2.42. The third kappa shape index (κ3) is 3.51. The Balaban J connectivity index is 1.61. The van der Waals surface area contributed by atoms with Crippen LogP contribution in [0, 0.1) is 0 Å². The van der Waals surface area contributed by atoms with Crippen LogP contribution in [0.5, 0.6) is 0 Å². The first kappa shape index (κ1) is 15.5. The van der Waals surface area contributed by atoms with E-state index in [4.69, 9.17) is 0 Å². The molecule has 2 aromatic rings. The van der Waals surface area contributed by atoms with E-state index < -0.39 is 0 Å². The van der Waals surface area contributed by atoms with Crippen molar-refractivity contribution in [3.8, 4) is 0 Å². The minimum atomic E-state index is -0.350. The van der Waals surface area contributed by atoms with E-state index in [0.29, 0.717) is 6.04 Å². The van der Waals surface area contributed by atoms with Crippen molar-refractivity contribution in [2.75, 3.05) is 13.1 Å². The predicted molar refractivity (Wildman–Crippen MR) is 89.4 cm³/mol. The first-order valence-corrected chi connectivity index (χ1v) is 7.92. The fourth-order valence-electron chi connectivity index (χ4n) is 3.06. The molecule has 2 N–H and O–H groups in total. The summed E-state index contributed by atoms with van der Waals surface area (Å²) in [4.78, 5) is 28.8. The number of nitrogens with one attached hydrogen (secondary N) is 2. The van der Waals surface area contributed by atoms with Gasteiger partial charge in [-0.3, -0.25) is 14.5 Å². The Kier molecular flexibility index (Phi) is 4.57. The van der Waals surface area contributed by atoms with Gasteiger partial charge in [0.2, 0.25) is 0 Å². The first-order valence-electron chi connectivity index (χ1n) is 7.92. The molecule has 1 aliphatic heterocycles. The van der Waals surface area contributed by atoms with Crippen molar-refractivity contribution >= 4 is 5.91 Å². The number of amides is 1. The molecule has 0 radical (unpaired) electrons. The predicted octanol–water partition coefficient (Wildman–Crippen LogP) is 1.94. The molecule has 0 bridgehead atoms. The average molecular weight is 311 g/mol. The topological polar surface area (TPSA) is 65.2 Å². The van der Waals surface area contributed by atoms with Gasteiger partial charge in [-0.1, -0.05) is 30.3 Å². The van der Waals surface area contributed by atoms with Crippen LogP contribution >= 0.6 is 0 Å². The number of hydrogen-bond acceptors (Lipinski definition) is 3. The molecule has 1 aromatic carbocycles. The largest absolute Gasteiger partial charge is 0.348 e. The molecule has 1 aliphatic rings. The first-order chi connectivity index (χ1) is 11.1. The molecular weight excluding hydrogens is 290 g/mol. The molecular formula is C18H21N3O2. The van der Waals surface area contributed by atoms with E-state index in [1.807, 2.05) is 18.2 Å². The lowest BCUT2D eigenvalue weighted by Gasteiger charge is -2.24. The van der Waals surface area contributed by atoms with Gasteiger partial charge in [-0.2, -0.15) is 0 Å². The fourth-order valence-corrected chi connectivity index (χ4v) is 3.06. The maximum Gasteiger partial charge on any atom is 0.260 e. The molecule has 1 fully saturated rings. The van der Waals surface area contributed by atoms with Gasteiger partial charge < -0.3 is 10.3 Å². The van der Waals surface area contributed by atoms with Gasteiger partial charge in [-0.05, 0) is 31.0 Å². The number of aromatic nitrogens is 1. The van der Waals surface area contributed by atoms with Crippen molar-refractivity contribution in [3.05, 3.63) is 70.1 Å². The molecule has 23 heavy (non-hydrogen) atoms. The van der Waals surface area contributed by atoms with Crippen molar-refractivity contribution in [1.82, 2.24) is 15.2 Å². The molecule has 3 rings (SSSR count). The van der Waals surface area contributed by atoms with E-state index in [1.54, 1.807) is 12.1 Å². The zero-order chi connectivity index (χ0) is 16.2. The Bertz CT molecular complexity index is 726. The quantitative estimate of drug-likeness (QED) is 0.907. The van der Waals surface area contributed by atoms with Gasteiger partial charge in [0.05, 0.1) is 0 Å². The molecule has 0 saturated carbocycles. The van der Waals surface area contributed by atoms with Crippen molar-refractivity contribution in [2.24, 2.45) is 0 Å². The van der Waals surface area contributed by atoms with E-state index >= 15 is 0 Å². The van der Waals surface area contributed by atoms with E-state index in [9.17, 15) is 9.59 Å².